The van der Waals surface area contributed by atoms with Crippen LogP contribution >= 0.6 is 0 Å². The number of halogens is 3. The molecule has 0 saturated heterocycles. The highest BCUT2D eigenvalue weighted by atomic mass is 19.4. The lowest BCUT2D eigenvalue weighted by Gasteiger charge is -2.06. The van der Waals surface area contributed by atoms with Gasteiger partial charge in [0, 0.05) is 11.1 Å². The monoisotopic (exact) mass is 412 g/mol. The minimum absolute atomic E-state index is 0.00964. The number of Topliss-reactive ketones (excluding diaryl/α,β-unsaturated/α-hetero) is 1. The van der Waals surface area contributed by atoms with Gasteiger partial charge in [-0.05, 0) is 42.3 Å². The standard InChI is InChI=1S/C23H19F3N2O2/c1-14(23(24,25)26)8-9-15(2)30-13-22-27-20-11-10-17(12-21(20)28-22)19-7-5-4-6-18(19)16(3)29/h4-12H,1-2,13H2,3H3,(H,27,28)/b9-8-. The summed E-state index contributed by atoms with van der Waals surface area (Å²) in [6, 6.07) is 12.9. The number of ketones is 1. The second-order valence-corrected chi connectivity index (χ2v) is 6.63. The highest BCUT2D eigenvalue weighted by molar-refractivity contribution is 6.01. The van der Waals surface area contributed by atoms with E-state index in [1.807, 2.05) is 36.4 Å². The van der Waals surface area contributed by atoms with Crippen LogP contribution in [0.3, 0.4) is 0 Å². The first kappa shape index (κ1) is 21.1. The average molecular weight is 412 g/mol. The second kappa shape index (κ2) is 8.41. The molecule has 0 fully saturated rings. The van der Waals surface area contributed by atoms with Crippen LogP contribution < -0.4 is 0 Å². The third-order valence-corrected chi connectivity index (χ3v) is 4.38. The van der Waals surface area contributed by atoms with E-state index in [2.05, 4.69) is 23.1 Å². The van der Waals surface area contributed by atoms with E-state index in [0.717, 1.165) is 28.8 Å². The maximum absolute atomic E-state index is 12.4. The summed E-state index contributed by atoms with van der Waals surface area (Å²) < 4.78 is 42.7. The molecular formula is C23H19F3N2O2. The first-order valence-corrected chi connectivity index (χ1v) is 9.00. The molecule has 7 heteroatoms. The quantitative estimate of drug-likeness (QED) is 0.288. The molecule has 0 amide bonds. The van der Waals surface area contributed by atoms with Gasteiger partial charge in [0.05, 0.1) is 11.0 Å². The normalized spacial score (nSPS) is 11.7. The topological polar surface area (TPSA) is 55.0 Å². The summed E-state index contributed by atoms with van der Waals surface area (Å²) in [6.07, 6.45) is -2.58. The predicted molar refractivity (Wildman–Crippen MR) is 110 cm³/mol. The number of hydrogen-bond acceptors (Lipinski definition) is 3. The number of H-pyrrole nitrogens is 1. The maximum atomic E-state index is 12.4. The zero-order valence-electron chi connectivity index (χ0n) is 16.2. The molecule has 0 radical (unpaired) electrons. The molecule has 0 bridgehead atoms. The van der Waals surface area contributed by atoms with Crippen molar-refractivity contribution in [1.82, 2.24) is 9.97 Å². The predicted octanol–water partition coefficient (Wildman–Crippen LogP) is 6.14. The number of rotatable bonds is 7. The number of aromatic nitrogens is 2. The third-order valence-electron chi connectivity index (χ3n) is 4.38. The van der Waals surface area contributed by atoms with Crippen LogP contribution in [0.2, 0.25) is 0 Å². The minimum Gasteiger partial charge on any atom is -0.486 e. The fraction of sp³-hybridized carbons (Fsp3) is 0.130. The van der Waals surface area contributed by atoms with Crippen LogP contribution in [0.4, 0.5) is 13.2 Å². The number of allylic oxidation sites excluding steroid dienone is 3. The van der Waals surface area contributed by atoms with Crippen LogP contribution in [-0.2, 0) is 11.3 Å². The van der Waals surface area contributed by atoms with E-state index in [0.29, 0.717) is 16.9 Å². The van der Waals surface area contributed by atoms with Crippen molar-refractivity contribution < 1.29 is 22.7 Å². The Kier molecular flexibility index (Phi) is 5.91. The minimum atomic E-state index is -4.49. The number of aromatic amines is 1. The number of benzene rings is 2. The lowest BCUT2D eigenvalue weighted by atomic mass is 9.97. The number of carbonyl (C=O) groups excluding carboxylic acids is 1. The van der Waals surface area contributed by atoms with Gasteiger partial charge in [-0.3, -0.25) is 4.79 Å². The Labute approximate surface area is 171 Å². The molecule has 0 atom stereocenters. The number of nitrogens with zero attached hydrogens (tertiary/aromatic N) is 1. The van der Waals surface area contributed by atoms with Crippen molar-refractivity contribution in [3.05, 3.63) is 90.5 Å². The van der Waals surface area contributed by atoms with Crippen LogP contribution in [0.25, 0.3) is 22.2 Å². The Morgan fingerprint density at radius 1 is 1.17 bits per heavy atom. The summed E-state index contributed by atoms with van der Waals surface area (Å²) in [5.41, 5.74) is 2.77. The third kappa shape index (κ3) is 4.86. The van der Waals surface area contributed by atoms with E-state index in [1.165, 1.54) is 6.92 Å². The lowest BCUT2D eigenvalue weighted by molar-refractivity contribution is -0.0878. The van der Waals surface area contributed by atoms with E-state index in [1.54, 1.807) is 6.07 Å². The van der Waals surface area contributed by atoms with Crippen molar-refractivity contribution in [3.63, 3.8) is 0 Å². The highest BCUT2D eigenvalue weighted by Crippen LogP contribution is 2.27. The number of nitrogens with one attached hydrogen (secondary N) is 1. The zero-order chi connectivity index (χ0) is 21.9. The van der Waals surface area contributed by atoms with Gasteiger partial charge in [0.1, 0.15) is 18.2 Å². The van der Waals surface area contributed by atoms with Crippen molar-refractivity contribution in [3.8, 4) is 11.1 Å². The van der Waals surface area contributed by atoms with Gasteiger partial charge in [-0.1, -0.05) is 43.5 Å². The van der Waals surface area contributed by atoms with E-state index in [9.17, 15) is 18.0 Å². The number of alkyl halides is 3. The van der Waals surface area contributed by atoms with Crippen molar-refractivity contribution in [1.29, 1.82) is 0 Å². The van der Waals surface area contributed by atoms with Gasteiger partial charge in [0.15, 0.2) is 5.78 Å². The summed E-state index contributed by atoms with van der Waals surface area (Å²) >= 11 is 0. The molecule has 2 aromatic carbocycles. The van der Waals surface area contributed by atoms with Gasteiger partial charge in [0.2, 0.25) is 0 Å². The molecule has 0 unspecified atom stereocenters. The fourth-order valence-corrected chi connectivity index (χ4v) is 2.84. The van der Waals surface area contributed by atoms with Gasteiger partial charge in [-0.15, -0.1) is 0 Å². The Morgan fingerprint density at radius 2 is 1.90 bits per heavy atom. The van der Waals surface area contributed by atoms with E-state index in [-0.39, 0.29) is 18.1 Å². The van der Waals surface area contributed by atoms with Crippen LogP contribution in [0, 0.1) is 0 Å². The molecule has 3 aromatic rings. The molecule has 1 heterocycles. The number of hydrogen-bond donors (Lipinski definition) is 1. The smallest absolute Gasteiger partial charge is 0.415 e. The molecule has 1 aromatic heterocycles. The summed E-state index contributed by atoms with van der Waals surface area (Å²) in [5, 5.41) is 0. The highest BCUT2D eigenvalue weighted by Gasteiger charge is 2.29. The number of carbonyl (C=O) groups is 1. The van der Waals surface area contributed by atoms with E-state index < -0.39 is 11.7 Å². The summed E-state index contributed by atoms with van der Waals surface area (Å²) in [7, 11) is 0. The molecule has 0 aliphatic rings. The first-order chi connectivity index (χ1) is 14.1. The zero-order valence-corrected chi connectivity index (χ0v) is 16.2. The molecule has 3 rings (SSSR count). The Bertz CT molecular complexity index is 1160. The molecule has 4 nitrogen and oxygen atoms in total. The van der Waals surface area contributed by atoms with Gasteiger partial charge in [0.25, 0.3) is 0 Å². The molecule has 0 saturated carbocycles. The van der Waals surface area contributed by atoms with Gasteiger partial charge in [-0.25, -0.2) is 4.98 Å². The average Bonchev–Trinajstić information content (AvgIpc) is 3.11. The second-order valence-electron chi connectivity index (χ2n) is 6.63. The molecule has 30 heavy (non-hydrogen) atoms. The van der Waals surface area contributed by atoms with Gasteiger partial charge in [-0.2, -0.15) is 13.2 Å². The molecular weight excluding hydrogens is 393 g/mol. The fourth-order valence-electron chi connectivity index (χ4n) is 2.84. The van der Waals surface area contributed by atoms with E-state index >= 15 is 0 Å². The Balaban J connectivity index is 1.74. The molecule has 154 valence electrons. The number of fused-ring (bicyclic) bond motifs is 1. The number of imidazole rings is 1. The van der Waals surface area contributed by atoms with Crippen molar-refractivity contribution in [2.45, 2.75) is 19.7 Å². The molecule has 0 spiro atoms. The molecule has 0 aliphatic heterocycles. The van der Waals surface area contributed by atoms with Crippen LogP contribution in [0.1, 0.15) is 23.1 Å². The van der Waals surface area contributed by atoms with Crippen LogP contribution in [0.5, 0.6) is 0 Å². The van der Waals surface area contributed by atoms with Crippen molar-refractivity contribution in [2.24, 2.45) is 0 Å². The lowest BCUT2D eigenvalue weighted by Crippen LogP contribution is -2.08. The molecule has 1 N–H and O–H groups in total. The summed E-state index contributed by atoms with van der Waals surface area (Å²) in [5.74, 6) is 0.521. The van der Waals surface area contributed by atoms with Crippen molar-refractivity contribution in [2.75, 3.05) is 0 Å². The Hall–Kier alpha value is -3.61. The van der Waals surface area contributed by atoms with Crippen LogP contribution in [-0.4, -0.2) is 21.9 Å². The molecule has 0 aliphatic carbocycles. The van der Waals surface area contributed by atoms with E-state index in [4.69, 9.17) is 4.74 Å². The SMILES string of the molecule is C=C(/C=C\C(=C)C(F)(F)F)OCc1nc2ccc(-c3ccccc3C(C)=O)cc2[nH]1. The Morgan fingerprint density at radius 3 is 2.60 bits per heavy atom. The summed E-state index contributed by atoms with van der Waals surface area (Å²) in [6.45, 7) is 8.05. The van der Waals surface area contributed by atoms with Gasteiger partial charge < -0.3 is 9.72 Å². The van der Waals surface area contributed by atoms with Crippen LogP contribution in [0.15, 0.2) is 79.1 Å². The van der Waals surface area contributed by atoms with Crippen molar-refractivity contribution >= 4 is 16.8 Å². The first-order valence-electron chi connectivity index (χ1n) is 9.00. The summed E-state index contributed by atoms with van der Waals surface area (Å²) in [4.78, 5) is 19.4. The van der Waals surface area contributed by atoms with Gasteiger partial charge >= 0.3 is 6.18 Å². The maximum Gasteiger partial charge on any atom is 0.415 e. The number of ether oxygens (including phenoxy) is 1. The largest absolute Gasteiger partial charge is 0.486 e.